The first-order valence-electron chi connectivity index (χ1n) is 7.39. The summed E-state index contributed by atoms with van der Waals surface area (Å²) in [5.41, 5.74) is 2.27. The molecule has 0 aliphatic heterocycles. The number of ether oxygens (including phenoxy) is 2. The molecule has 0 bridgehead atoms. The summed E-state index contributed by atoms with van der Waals surface area (Å²) in [6, 6.07) is 16.2. The lowest BCUT2D eigenvalue weighted by Crippen LogP contribution is -2.05. The molecule has 21 heavy (non-hydrogen) atoms. The van der Waals surface area contributed by atoms with Gasteiger partial charge in [-0.15, -0.1) is 0 Å². The predicted octanol–water partition coefficient (Wildman–Crippen LogP) is 4.48. The second-order valence-electron chi connectivity index (χ2n) is 5.12. The highest BCUT2D eigenvalue weighted by Crippen LogP contribution is 2.18. The van der Waals surface area contributed by atoms with Crippen LogP contribution in [0.2, 0.25) is 0 Å². The van der Waals surface area contributed by atoms with E-state index in [4.69, 9.17) is 9.47 Å². The minimum absolute atomic E-state index is 0.199. The third-order valence-electron chi connectivity index (χ3n) is 2.93. The Hall–Kier alpha value is -2.16. The highest BCUT2D eigenvalue weighted by Gasteiger charge is 1.99. The molecule has 0 saturated heterocycles. The Kier molecular flexibility index (Phi) is 5.50. The van der Waals surface area contributed by atoms with Crippen molar-refractivity contribution in [1.82, 2.24) is 0 Å². The molecular formula is C18H23NO2. The number of anilines is 1. The fourth-order valence-electron chi connectivity index (χ4n) is 2.04. The van der Waals surface area contributed by atoms with Crippen molar-refractivity contribution >= 4 is 5.69 Å². The summed E-state index contributed by atoms with van der Waals surface area (Å²) in [5, 5.41) is 3.40. The normalized spacial score (nSPS) is 10.5. The molecule has 0 fully saturated rings. The van der Waals surface area contributed by atoms with E-state index in [2.05, 4.69) is 17.4 Å². The smallest absolute Gasteiger partial charge is 0.119 e. The Labute approximate surface area is 126 Å². The molecule has 0 atom stereocenters. The molecule has 0 spiro atoms. The molecule has 0 aliphatic carbocycles. The molecule has 0 aromatic heterocycles. The Balaban J connectivity index is 1.91. The minimum atomic E-state index is 0.199. The summed E-state index contributed by atoms with van der Waals surface area (Å²) in [6.45, 7) is 7.50. The van der Waals surface area contributed by atoms with E-state index < -0.39 is 0 Å². The van der Waals surface area contributed by atoms with Gasteiger partial charge in [0.1, 0.15) is 11.5 Å². The first kappa shape index (κ1) is 15.2. The van der Waals surface area contributed by atoms with Crippen molar-refractivity contribution in [3.63, 3.8) is 0 Å². The molecule has 1 N–H and O–H groups in total. The fourth-order valence-corrected chi connectivity index (χ4v) is 2.04. The molecule has 0 amide bonds. The van der Waals surface area contributed by atoms with Gasteiger partial charge in [-0.3, -0.25) is 0 Å². The fraction of sp³-hybridized carbons (Fsp3) is 0.333. The van der Waals surface area contributed by atoms with E-state index in [1.807, 2.05) is 57.2 Å². The van der Waals surface area contributed by atoms with E-state index >= 15 is 0 Å². The maximum absolute atomic E-state index is 5.63. The molecule has 3 heteroatoms. The van der Waals surface area contributed by atoms with Crippen LogP contribution in [0, 0.1) is 0 Å². The largest absolute Gasteiger partial charge is 0.494 e. The van der Waals surface area contributed by atoms with Gasteiger partial charge in [0.15, 0.2) is 0 Å². The number of nitrogens with one attached hydrogen (secondary N) is 1. The van der Waals surface area contributed by atoms with Crippen LogP contribution in [0.15, 0.2) is 48.5 Å². The average molecular weight is 285 g/mol. The zero-order valence-electron chi connectivity index (χ0n) is 12.9. The van der Waals surface area contributed by atoms with Crippen molar-refractivity contribution in [2.45, 2.75) is 33.4 Å². The van der Waals surface area contributed by atoms with Crippen LogP contribution in [0.4, 0.5) is 5.69 Å². The van der Waals surface area contributed by atoms with Gasteiger partial charge in [-0.2, -0.15) is 0 Å². The standard InChI is InChI=1S/C18H23NO2/c1-4-20-18-7-5-6-15(12-18)13-19-16-8-10-17(11-9-16)21-14(2)3/h5-12,14,19H,4,13H2,1-3H3. The highest BCUT2D eigenvalue weighted by molar-refractivity contribution is 5.47. The molecule has 0 heterocycles. The molecule has 0 radical (unpaired) electrons. The van der Waals surface area contributed by atoms with Crippen molar-refractivity contribution in [2.24, 2.45) is 0 Å². The lowest BCUT2D eigenvalue weighted by atomic mass is 10.2. The quantitative estimate of drug-likeness (QED) is 0.813. The van der Waals surface area contributed by atoms with Crippen molar-refractivity contribution in [1.29, 1.82) is 0 Å². The molecule has 2 aromatic rings. The van der Waals surface area contributed by atoms with E-state index in [0.29, 0.717) is 6.61 Å². The van der Waals surface area contributed by atoms with Crippen LogP contribution in [0.1, 0.15) is 26.3 Å². The Bertz CT molecular complexity index is 549. The Morgan fingerprint density at radius 1 is 1.00 bits per heavy atom. The van der Waals surface area contributed by atoms with Crippen molar-refractivity contribution in [3.8, 4) is 11.5 Å². The van der Waals surface area contributed by atoms with Gasteiger partial charge >= 0.3 is 0 Å². The topological polar surface area (TPSA) is 30.5 Å². The van der Waals surface area contributed by atoms with Crippen molar-refractivity contribution < 1.29 is 9.47 Å². The average Bonchev–Trinajstić information content (AvgIpc) is 2.47. The zero-order valence-corrected chi connectivity index (χ0v) is 12.9. The zero-order chi connectivity index (χ0) is 15.1. The predicted molar refractivity (Wildman–Crippen MR) is 87.1 cm³/mol. The van der Waals surface area contributed by atoms with Gasteiger partial charge in [0.05, 0.1) is 12.7 Å². The second-order valence-corrected chi connectivity index (χ2v) is 5.12. The molecular weight excluding hydrogens is 262 g/mol. The van der Waals surface area contributed by atoms with Gasteiger partial charge in [0, 0.05) is 12.2 Å². The Morgan fingerprint density at radius 2 is 1.76 bits per heavy atom. The summed E-state index contributed by atoms with van der Waals surface area (Å²) in [6.07, 6.45) is 0.199. The van der Waals surface area contributed by atoms with E-state index in [1.165, 1.54) is 5.56 Å². The van der Waals surface area contributed by atoms with Crippen molar-refractivity contribution in [3.05, 3.63) is 54.1 Å². The summed E-state index contributed by atoms with van der Waals surface area (Å²) >= 11 is 0. The molecule has 0 aliphatic rings. The second kappa shape index (κ2) is 7.58. The number of hydrogen-bond donors (Lipinski definition) is 1. The summed E-state index contributed by atoms with van der Waals surface area (Å²) < 4.78 is 11.1. The summed E-state index contributed by atoms with van der Waals surface area (Å²) in [5.74, 6) is 1.81. The van der Waals surface area contributed by atoms with E-state index in [9.17, 15) is 0 Å². The number of hydrogen-bond acceptors (Lipinski definition) is 3. The van der Waals surface area contributed by atoms with Gasteiger partial charge in [0.25, 0.3) is 0 Å². The van der Waals surface area contributed by atoms with Gasteiger partial charge in [-0.1, -0.05) is 12.1 Å². The maximum Gasteiger partial charge on any atom is 0.119 e. The monoisotopic (exact) mass is 285 g/mol. The SMILES string of the molecule is CCOc1cccc(CNc2ccc(OC(C)C)cc2)c1. The third-order valence-corrected chi connectivity index (χ3v) is 2.93. The van der Waals surface area contributed by atoms with Crippen LogP contribution in [0.3, 0.4) is 0 Å². The number of benzene rings is 2. The van der Waals surface area contributed by atoms with Crippen LogP contribution < -0.4 is 14.8 Å². The van der Waals surface area contributed by atoms with E-state index in [-0.39, 0.29) is 6.10 Å². The number of rotatable bonds is 7. The van der Waals surface area contributed by atoms with Crippen LogP contribution >= 0.6 is 0 Å². The first-order valence-corrected chi connectivity index (χ1v) is 7.39. The Morgan fingerprint density at radius 3 is 2.43 bits per heavy atom. The van der Waals surface area contributed by atoms with Crippen LogP contribution in [0.25, 0.3) is 0 Å². The van der Waals surface area contributed by atoms with Crippen molar-refractivity contribution in [2.75, 3.05) is 11.9 Å². The van der Waals surface area contributed by atoms with E-state index in [0.717, 1.165) is 23.7 Å². The lowest BCUT2D eigenvalue weighted by molar-refractivity contribution is 0.242. The highest BCUT2D eigenvalue weighted by atomic mass is 16.5. The molecule has 0 saturated carbocycles. The summed E-state index contributed by atoms with van der Waals surface area (Å²) in [4.78, 5) is 0. The molecule has 2 aromatic carbocycles. The van der Waals surface area contributed by atoms with E-state index in [1.54, 1.807) is 0 Å². The van der Waals surface area contributed by atoms with Crippen LogP contribution in [0.5, 0.6) is 11.5 Å². The van der Waals surface area contributed by atoms with Gasteiger partial charge in [0.2, 0.25) is 0 Å². The molecule has 112 valence electrons. The molecule has 3 nitrogen and oxygen atoms in total. The first-order chi connectivity index (χ1) is 10.2. The van der Waals surface area contributed by atoms with Crippen LogP contribution in [-0.4, -0.2) is 12.7 Å². The van der Waals surface area contributed by atoms with Gasteiger partial charge in [-0.25, -0.2) is 0 Å². The molecule has 2 rings (SSSR count). The summed E-state index contributed by atoms with van der Waals surface area (Å²) in [7, 11) is 0. The minimum Gasteiger partial charge on any atom is -0.494 e. The van der Waals surface area contributed by atoms with Crippen LogP contribution in [-0.2, 0) is 6.54 Å². The van der Waals surface area contributed by atoms with Gasteiger partial charge < -0.3 is 14.8 Å². The maximum atomic E-state index is 5.63. The third kappa shape index (κ3) is 5.03. The van der Waals surface area contributed by atoms with Gasteiger partial charge in [-0.05, 0) is 62.7 Å². The molecule has 0 unspecified atom stereocenters. The lowest BCUT2D eigenvalue weighted by Gasteiger charge is -2.11.